The number of nitrogens with one attached hydrogen (secondary N) is 1. The molecule has 2 heterocycles. The number of aliphatic hydroxyl groups is 2. The molecule has 9 nitrogen and oxygen atoms in total. The van der Waals surface area contributed by atoms with E-state index in [-0.39, 0.29) is 39.7 Å². The van der Waals surface area contributed by atoms with Crippen LogP contribution >= 0.6 is 11.6 Å². The first-order valence-electron chi connectivity index (χ1n) is 13.6. The Kier molecular flexibility index (Phi) is 7.57. The Morgan fingerprint density at radius 3 is 2.49 bits per heavy atom. The van der Waals surface area contributed by atoms with E-state index < -0.39 is 56.2 Å². The zero-order chi connectivity index (χ0) is 30.5. The summed E-state index contributed by atoms with van der Waals surface area (Å²) in [5, 5.41) is 28.5. The number of anilines is 1. The first-order chi connectivity index (χ1) is 20.5. The van der Waals surface area contributed by atoms with Gasteiger partial charge in [0, 0.05) is 41.3 Å². The Bertz CT molecular complexity index is 1790. The second-order valence-corrected chi connectivity index (χ2v) is 13.6. The number of halogens is 3. The highest BCUT2D eigenvalue weighted by molar-refractivity contribution is 7.92. The molecule has 2 aromatic carbocycles. The van der Waals surface area contributed by atoms with Gasteiger partial charge in [-0.2, -0.15) is 0 Å². The zero-order valence-electron chi connectivity index (χ0n) is 22.5. The van der Waals surface area contributed by atoms with Gasteiger partial charge in [0.2, 0.25) is 0 Å². The average molecular weight is 630 g/mol. The summed E-state index contributed by atoms with van der Waals surface area (Å²) < 4.78 is 60.0. The quantitative estimate of drug-likeness (QED) is 0.248. The molecule has 0 spiro atoms. The molecule has 13 heteroatoms. The number of pyridine rings is 1. The number of hydrogen-bond donors (Lipinski definition) is 3. The van der Waals surface area contributed by atoms with Crippen molar-refractivity contribution in [2.45, 2.75) is 47.5 Å². The van der Waals surface area contributed by atoms with Gasteiger partial charge in [-0.05, 0) is 80.0 Å². The predicted octanol–water partition coefficient (Wildman–Crippen LogP) is 5.35. The molecule has 2 aliphatic carbocycles. The summed E-state index contributed by atoms with van der Waals surface area (Å²) in [6.45, 7) is 0. The lowest BCUT2D eigenvalue weighted by Gasteiger charge is -2.44. The molecule has 2 bridgehead atoms. The number of amides is 1. The Labute approximate surface area is 250 Å². The average Bonchev–Trinajstić information content (AvgIpc) is 3.52. The molecule has 224 valence electrons. The third kappa shape index (κ3) is 5.22. The van der Waals surface area contributed by atoms with E-state index in [0.717, 1.165) is 18.2 Å². The van der Waals surface area contributed by atoms with Crippen molar-refractivity contribution in [2.24, 2.45) is 11.8 Å². The SMILES string of the molecule is O=C(Nc1ccc(F)c(F)c1)c1ccc(Cl)c(S(=O)(=O)C2CC3CCC(C2)C3(O)C(O)c2cc(-c3cccnc3)on2)c1. The van der Waals surface area contributed by atoms with Crippen molar-refractivity contribution < 1.29 is 36.7 Å². The molecule has 3 N–H and O–H groups in total. The van der Waals surface area contributed by atoms with Crippen LogP contribution in [0.15, 0.2) is 76.4 Å². The molecule has 6 rings (SSSR count). The highest BCUT2D eigenvalue weighted by Crippen LogP contribution is 2.56. The third-order valence-corrected chi connectivity index (χ3v) is 11.2. The minimum absolute atomic E-state index is 0.00961. The minimum Gasteiger partial charge on any atom is -0.386 e. The molecular formula is C30H26ClF2N3O6S. The highest BCUT2D eigenvalue weighted by atomic mass is 35.5. The smallest absolute Gasteiger partial charge is 0.255 e. The maximum atomic E-state index is 13.9. The number of sulfone groups is 1. The normalized spacial score (nSPS) is 24.1. The summed E-state index contributed by atoms with van der Waals surface area (Å²) in [5.41, 5.74) is -0.887. The molecule has 3 unspecified atom stereocenters. The second kappa shape index (κ2) is 11.1. The van der Waals surface area contributed by atoms with Gasteiger partial charge in [-0.25, -0.2) is 17.2 Å². The van der Waals surface area contributed by atoms with E-state index in [1.54, 1.807) is 30.6 Å². The van der Waals surface area contributed by atoms with E-state index >= 15 is 0 Å². The van der Waals surface area contributed by atoms with Crippen molar-refractivity contribution in [3.05, 3.63) is 94.9 Å². The van der Waals surface area contributed by atoms with Gasteiger partial charge < -0.3 is 20.1 Å². The van der Waals surface area contributed by atoms with Gasteiger partial charge >= 0.3 is 0 Å². The Morgan fingerprint density at radius 1 is 1.07 bits per heavy atom. The van der Waals surface area contributed by atoms with E-state index in [4.69, 9.17) is 16.1 Å². The third-order valence-electron chi connectivity index (χ3n) is 8.58. The van der Waals surface area contributed by atoms with Crippen LogP contribution in [0.2, 0.25) is 5.02 Å². The van der Waals surface area contributed by atoms with E-state index in [0.29, 0.717) is 24.2 Å². The van der Waals surface area contributed by atoms with Gasteiger partial charge in [0.15, 0.2) is 27.2 Å². The zero-order valence-corrected chi connectivity index (χ0v) is 24.0. The van der Waals surface area contributed by atoms with Gasteiger partial charge in [0.25, 0.3) is 5.91 Å². The lowest BCUT2D eigenvalue weighted by molar-refractivity contribution is -0.146. The second-order valence-electron chi connectivity index (χ2n) is 11.0. The lowest BCUT2D eigenvalue weighted by Crippen LogP contribution is -2.52. The molecule has 2 aliphatic rings. The summed E-state index contributed by atoms with van der Waals surface area (Å²) in [7, 11) is -4.09. The molecule has 3 atom stereocenters. The number of aromatic nitrogens is 2. The van der Waals surface area contributed by atoms with E-state index in [1.807, 2.05) is 0 Å². The Balaban J connectivity index is 1.22. The molecule has 1 amide bonds. The molecule has 2 saturated carbocycles. The summed E-state index contributed by atoms with van der Waals surface area (Å²) in [6.07, 6.45) is 2.90. The molecule has 2 aromatic heterocycles. The van der Waals surface area contributed by atoms with Crippen molar-refractivity contribution in [1.82, 2.24) is 10.1 Å². The van der Waals surface area contributed by atoms with Gasteiger partial charge in [0.05, 0.1) is 15.2 Å². The van der Waals surface area contributed by atoms with E-state index in [9.17, 15) is 32.2 Å². The molecule has 4 aromatic rings. The Hall–Kier alpha value is -3.71. The monoisotopic (exact) mass is 629 g/mol. The maximum Gasteiger partial charge on any atom is 0.255 e. The first-order valence-corrected chi connectivity index (χ1v) is 15.5. The fourth-order valence-corrected chi connectivity index (χ4v) is 8.76. The lowest BCUT2D eigenvalue weighted by atomic mass is 9.70. The van der Waals surface area contributed by atoms with Gasteiger partial charge in [-0.15, -0.1) is 0 Å². The van der Waals surface area contributed by atoms with E-state index in [2.05, 4.69) is 15.5 Å². The summed E-state index contributed by atoms with van der Waals surface area (Å²) in [6, 6.07) is 11.7. The number of carbonyl (C=O) groups is 1. The van der Waals surface area contributed by atoms with Crippen LogP contribution in [-0.2, 0) is 9.84 Å². The number of fused-ring (bicyclic) bond motifs is 2. The van der Waals surface area contributed by atoms with Crippen LogP contribution in [0.1, 0.15) is 47.8 Å². The number of rotatable bonds is 7. The molecule has 2 fully saturated rings. The summed E-state index contributed by atoms with van der Waals surface area (Å²) in [4.78, 5) is 16.6. The standard InChI is InChI=1S/C30H26ClF2N3O6S/c31-22-7-3-16(29(38)35-20-6-8-23(32)24(33)13-20)10-27(22)43(40,41)21-11-18-4-5-19(12-21)30(18,39)28(37)25-14-26(42-36-25)17-2-1-9-34-15-17/h1-3,6-10,13-15,18-19,21,28,37,39H,4-5,11-12H2,(H,35,38). The predicted molar refractivity (Wildman–Crippen MR) is 152 cm³/mol. The molecule has 43 heavy (non-hydrogen) atoms. The van der Waals surface area contributed by atoms with Crippen molar-refractivity contribution in [3.8, 4) is 11.3 Å². The molecule has 0 saturated heterocycles. The topological polar surface area (TPSA) is 143 Å². The van der Waals surface area contributed by atoms with Crippen LogP contribution in [0, 0.1) is 23.5 Å². The van der Waals surface area contributed by atoms with Crippen molar-refractivity contribution in [1.29, 1.82) is 0 Å². The maximum absolute atomic E-state index is 13.9. The number of hydrogen-bond acceptors (Lipinski definition) is 8. The van der Waals surface area contributed by atoms with Crippen LogP contribution in [0.5, 0.6) is 0 Å². The highest BCUT2D eigenvalue weighted by Gasteiger charge is 2.60. The van der Waals surface area contributed by atoms with Gasteiger partial charge in [-0.3, -0.25) is 9.78 Å². The largest absolute Gasteiger partial charge is 0.386 e. The van der Waals surface area contributed by atoms with Crippen LogP contribution < -0.4 is 5.32 Å². The van der Waals surface area contributed by atoms with Crippen LogP contribution in [0.25, 0.3) is 11.3 Å². The van der Waals surface area contributed by atoms with E-state index in [1.165, 1.54) is 18.2 Å². The Morgan fingerprint density at radius 2 is 1.81 bits per heavy atom. The number of benzene rings is 2. The van der Waals surface area contributed by atoms with Crippen molar-refractivity contribution in [3.63, 3.8) is 0 Å². The molecular weight excluding hydrogens is 604 g/mol. The fraction of sp³-hybridized carbons (Fsp3) is 0.300. The number of aliphatic hydroxyl groups excluding tert-OH is 1. The van der Waals surface area contributed by atoms with Crippen molar-refractivity contribution >= 4 is 33.0 Å². The van der Waals surface area contributed by atoms with Crippen LogP contribution in [0.3, 0.4) is 0 Å². The summed E-state index contributed by atoms with van der Waals surface area (Å²) >= 11 is 6.32. The fourth-order valence-electron chi connectivity index (χ4n) is 6.36. The van der Waals surface area contributed by atoms with Gasteiger partial charge in [-0.1, -0.05) is 16.8 Å². The van der Waals surface area contributed by atoms with Crippen molar-refractivity contribution in [2.75, 3.05) is 5.32 Å². The molecule has 0 aliphatic heterocycles. The minimum atomic E-state index is -4.09. The summed E-state index contributed by atoms with van der Waals surface area (Å²) in [5.74, 6) is -3.70. The number of nitrogens with zero attached hydrogens (tertiary/aromatic N) is 2. The first kappa shape index (κ1) is 29.4. The van der Waals surface area contributed by atoms with Crippen LogP contribution in [0.4, 0.5) is 14.5 Å². The molecule has 0 radical (unpaired) electrons. The van der Waals surface area contributed by atoms with Gasteiger partial charge in [0.1, 0.15) is 17.4 Å². The number of carbonyl (C=O) groups excluding carboxylic acids is 1. The van der Waals surface area contributed by atoms with Crippen LogP contribution in [-0.4, -0.2) is 45.5 Å².